The molecule has 0 amide bonds. The highest BCUT2D eigenvalue weighted by Gasteiger charge is 2.30. The average Bonchev–Trinajstić information content (AvgIpc) is 2.66. The van der Waals surface area contributed by atoms with E-state index in [0.717, 1.165) is 42.9 Å². The molecule has 1 aliphatic rings. The summed E-state index contributed by atoms with van der Waals surface area (Å²) in [4.78, 5) is 4.68. The van der Waals surface area contributed by atoms with Gasteiger partial charge in [-0.05, 0) is 36.7 Å². The molecule has 0 bridgehead atoms. The molecule has 1 aromatic rings. The average molecular weight is 340 g/mol. The van der Waals surface area contributed by atoms with Crippen molar-refractivity contribution in [2.24, 2.45) is 7.05 Å². The van der Waals surface area contributed by atoms with Crippen molar-refractivity contribution in [3.05, 3.63) is 15.9 Å². The van der Waals surface area contributed by atoms with E-state index in [2.05, 4.69) is 36.9 Å². The molecule has 0 N–H and O–H groups in total. The first-order chi connectivity index (χ1) is 9.35. The standard InChI is InChI=1S/C14H22BrN5/c1-11-13(15)12(18(4)17-11)9-19-5-7-20(8-6-19)14(2,3)10-16/h5-9H2,1-4H3. The second-order valence-electron chi connectivity index (χ2n) is 5.90. The number of nitrogens with zero attached hydrogens (tertiary/aromatic N) is 5. The van der Waals surface area contributed by atoms with Crippen LogP contribution in [-0.4, -0.2) is 51.3 Å². The van der Waals surface area contributed by atoms with Crippen LogP contribution < -0.4 is 0 Å². The van der Waals surface area contributed by atoms with Gasteiger partial charge in [0.1, 0.15) is 5.54 Å². The number of piperazine rings is 1. The van der Waals surface area contributed by atoms with Crippen molar-refractivity contribution in [1.82, 2.24) is 19.6 Å². The fourth-order valence-corrected chi connectivity index (χ4v) is 3.06. The number of halogens is 1. The summed E-state index contributed by atoms with van der Waals surface area (Å²) in [6.07, 6.45) is 0. The summed E-state index contributed by atoms with van der Waals surface area (Å²) in [6, 6.07) is 2.38. The van der Waals surface area contributed by atoms with E-state index in [1.165, 1.54) is 5.69 Å². The second-order valence-corrected chi connectivity index (χ2v) is 6.70. The number of hydrogen-bond donors (Lipinski definition) is 0. The van der Waals surface area contributed by atoms with Crippen molar-refractivity contribution >= 4 is 15.9 Å². The third-order valence-electron chi connectivity index (χ3n) is 4.07. The van der Waals surface area contributed by atoms with Gasteiger partial charge >= 0.3 is 0 Å². The molecule has 110 valence electrons. The van der Waals surface area contributed by atoms with Crippen molar-refractivity contribution < 1.29 is 0 Å². The van der Waals surface area contributed by atoms with Crippen molar-refractivity contribution in [1.29, 1.82) is 5.26 Å². The monoisotopic (exact) mass is 339 g/mol. The first kappa shape index (κ1) is 15.5. The highest BCUT2D eigenvalue weighted by atomic mass is 79.9. The third kappa shape index (κ3) is 3.05. The summed E-state index contributed by atoms with van der Waals surface area (Å²) >= 11 is 3.62. The molecular formula is C14H22BrN5. The molecule has 0 atom stereocenters. The molecule has 1 aromatic heterocycles. The van der Waals surface area contributed by atoms with Gasteiger partial charge in [0.2, 0.25) is 0 Å². The summed E-state index contributed by atoms with van der Waals surface area (Å²) in [5.74, 6) is 0. The zero-order valence-corrected chi connectivity index (χ0v) is 14.2. The van der Waals surface area contributed by atoms with Crippen molar-refractivity contribution in [2.45, 2.75) is 32.9 Å². The molecule has 1 fully saturated rings. The fraction of sp³-hybridized carbons (Fsp3) is 0.714. The van der Waals surface area contributed by atoms with Crippen LogP contribution >= 0.6 is 15.9 Å². The zero-order valence-electron chi connectivity index (χ0n) is 12.6. The van der Waals surface area contributed by atoms with Crippen LogP contribution in [0.5, 0.6) is 0 Å². The lowest BCUT2D eigenvalue weighted by molar-refractivity contribution is 0.0750. The van der Waals surface area contributed by atoms with E-state index in [1.807, 2.05) is 32.5 Å². The molecule has 0 aliphatic carbocycles. The second kappa shape index (κ2) is 5.84. The van der Waals surface area contributed by atoms with Gasteiger partial charge in [0, 0.05) is 39.8 Å². The Balaban J connectivity index is 1.97. The van der Waals surface area contributed by atoms with E-state index >= 15 is 0 Å². The quantitative estimate of drug-likeness (QED) is 0.843. The van der Waals surface area contributed by atoms with Crippen molar-refractivity contribution in [2.75, 3.05) is 26.2 Å². The molecule has 5 nitrogen and oxygen atoms in total. The number of rotatable bonds is 3. The Labute approximate surface area is 129 Å². The predicted molar refractivity (Wildman–Crippen MR) is 82.2 cm³/mol. The summed E-state index contributed by atoms with van der Waals surface area (Å²) < 4.78 is 3.06. The van der Waals surface area contributed by atoms with Crippen LogP contribution in [0.4, 0.5) is 0 Å². The Morgan fingerprint density at radius 2 is 1.90 bits per heavy atom. The highest BCUT2D eigenvalue weighted by Crippen LogP contribution is 2.23. The Morgan fingerprint density at radius 1 is 1.30 bits per heavy atom. The maximum atomic E-state index is 9.20. The maximum absolute atomic E-state index is 9.20. The summed E-state index contributed by atoms with van der Waals surface area (Å²) in [7, 11) is 1.99. The van der Waals surface area contributed by atoms with Gasteiger partial charge in [0.15, 0.2) is 0 Å². The lowest BCUT2D eigenvalue weighted by Crippen LogP contribution is -2.53. The summed E-state index contributed by atoms with van der Waals surface area (Å²) in [6.45, 7) is 10.8. The molecule has 0 unspecified atom stereocenters. The Morgan fingerprint density at radius 3 is 2.35 bits per heavy atom. The molecule has 6 heteroatoms. The Hall–Kier alpha value is -0.900. The lowest BCUT2D eigenvalue weighted by atomic mass is 10.0. The van der Waals surface area contributed by atoms with Crippen molar-refractivity contribution in [3.8, 4) is 6.07 Å². The molecule has 2 rings (SSSR count). The van der Waals surface area contributed by atoms with E-state index in [1.54, 1.807) is 0 Å². The van der Waals surface area contributed by atoms with Gasteiger partial charge in [-0.2, -0.15) is 10.4 Å². The van der Waals surface area contributed by atoms with E-state index in [4.69, 9.17) is 0 Å². The first-order valence-electron chi connectivity index (χ1n) is 6.92. The molecule has 0 saturated carbocycles. The minimum Gasteiger partial charge on any atom is -0.295 e. The predicted octanol–water partition coefficient (Wildman–Crippen LogP) is 1.91. The van der Waals surface area contributed by atoms with Crippen LogP contribution in [0.2, 0.25) is 0 Å². The largest absolute Gasteiger partial charge is 0.295 e. The molecular weight excluding hydrogens is 318 g/mol. The molecule has 1 aliphatic heterocycles. The summed E-state index contributed by atoms with van der Waals surface area (Å²) in [5, 5.41) is 13.6. The van der Waals surface area contributed by atoms with E-state index < -0.39 is 0 Å². The molecule has 1 saturated heterocycles. The molecule has 0 spiro atoms. The number of aromatic nitrogens is 2. The van der Waals surface area contributed by atoms with Gasteiger partial charge in [-0.25, -0.2) is 0 Å². The first-order valence-corrected chi connectivity index (χ1v) is 7.71. The van der Waals surface area contributed by atoms with Gasteiger partial charge in [0.25, 0.3) is 0 Å². The van der Waals surface area contributed by atoms with Gasteiger partial charge in [-0.15, -0.1) is 0 Å². The van der Waals surface area contributed by atoms with Gasteiger partial charge in [-0.3, -0.25) is 14.5 Å². The van der Waals surface area contributed by atoms with E-state index in [0.29, 0.717) is 0 Å². The van der Waals surface area contributed by atoms with E-state index in [-0.39, 0.29) is 5.54 Å². The number of hydrogen-bond acceptors (Lipinski definition) is 4. The summed E-state index contributed by atoms with van der Waals surface area (Å²) in [5.41, 5.74) is 1.89. The topological polar surface area (TPSA) is 48.1 Å². The number of aryl methyl sites for hydroxylation is 2. The number of nitriles is 1. The van der Waals surface area contributed by atoms with Gasteiger partial charge in [0.05, 0.1) is 21.9 Å². The zero-order chi connectivity index (χ0) is 14.9. The normalized spacial score (nSPS) is 18.2. The van der Waals surface area contributed by atoms with Crippen LogP contribution in [0.15, 0.2) is 4.47 Å². The van der Waals surface area contributed by atoms with Gasteiger partial charge in [-0.1, -0.05) is 0 Å². The van der Waals surface area contributed by atoms with E-state index in [9.17, 15) is 5.26 Å². The minimum absolute atomic E-state index is 0.365. The van der Waals surface area contributed by atoms with Crippen LogP contribution in [0, 0.1) is 18.3 Å². The lowest BCUT2D eigenvalue weighted by Gasteiger charge is -2.40. The maximum Gasteiger partial charge on any atom is 0.103 e. The van der Waals surface area contributed by atoms with Crippen LogP contribution in [0.1, 0.15) is 25.2 Å². The third-order valence-corrected chi connectivity index (χ3v) is 5.10. The molecule has 2 heterocycles. The Bertz CT molecular complexity index is 520. The fourth-order valence-electron chi connectivity index (χ4n) is 2.60. The molecule has 0 aromatic carbocycles. The van der Waals surface area contributed by atoms with Crippen LogP contribution in [0.25, 0.3) is 0 Å². The van der Waals surface area contributed by atoms with Crippen molar-refractivity contribution in [3.63, 3.8) is 0 Å². The van der Waals surface area contributed by atoms with Crippen LogP contribution in [-0.2, 0) is 13.6 Å². The SMILES string of the molecule is Cc1nn(C)c(CN2CCN(C(C)(C)C#N)CC2)c1Br. The Kier molecular flexibility index (Phi) is 4.52. The van der Waals surface area contributed by atoms with Gasteiger partial charge < -0.3 is 0 Å². The molecule has 20 heavy (non-hydrogen) atoms. The molecule has 0 radical (unpaired) electrons. The van der Waals surface area contributed by atoms with Crippen LogP contribution in [0.3, 0.4) is 0 Å². The minimum atomic E-state index is -0.365. The highest BCUT2D eigenvalue weighted by molar-refractivity contribution is 9.10. The smallest absolute Gasteiger partial charge is 0.103 e.